The summed E-state index contributed by atoms with van der Waals surface area (Å²) < 4.78 is 5.77. The molecule has 0 fully saturated rings. The molecular formula is C12H26O2. The van der Waals surface area contributed by atoms with Crippen molar-refractivity contribution < 1.29 is 9.84 Å². The summed E-state index contributed by atoms with van der Waals surface area (Å²) in [5, 5.41) is 10.3. The molecule has 0 aliphatic rings. The molecule has 0 bridgehead atoms. The maximum atomic E-state index is 10.3. The van der Waals surface area contributed by atoms with E-state index in [-0.39, 0.29) is 11.0 Å². The zero-order chi connectivity index (χ0) is 11.4. The summed E-state index contributed by atoms with van der Waals surface area (Å²) in [6.07, 6.45) is 1.30. The smallest absolute Gasteiger partial charge is 0.0939 e. The van der Waals surface area contributed by atoms with Crippen molar-refractivity contribution in [2.75, 3.05) is 6.61 Å². The van der Waals surface area contributed by atoms with Crippen LogP contribution in [0.3, 0.4) is 0 Å². The lowest BCUT2D eigenvalue weighted by Crippen LogP contribution is -2.50. The molecule has 0 amide bonds. The highest BCUT2D eigenvalue weighted by atomic mass is 16.5. The monoisotopic (exact) mass is 202 g/mol. The van der Waals surface area contributed by atoms with Crippen molar-refractivity contribution in [3.05, 3.63) is 0 Å². The van der Waals surface area contributed by atoms with Crippen LogP contribution in [0.4, 0.5) is 0 Å². The van der Waals surface area contributed by atoms with Gasteiger partial charge in [-0.3, -0.25) is 0 Å². The highest BCUT2D eigenvalue weighted by Crippen LogP contribution is 2.35. The van der Waals surface area contributed by atoms with Crippen LogP contribution in [0.1, 0.15) is 54.4 Å². The van der Waals surface area contributed by atoms with Crippen LogP contribution in [0.15, 0.2) is 0 Å². The van der Waals surface area contributed by atoms with E-state index >= 15 is 0 Å². The van der Waals surface area contributed by atoms with Gasteiger partial charge in [0.1, 0.15) is 0 Å². The van der Waals surface area contributed by atoms with E-state index in [4.69, 9.17) is 4.74 Å². The Morgan fingerprint density at radius 3 is 1.71 bits per heavy atom. The van der Waals surface area contributed by atoms with Gasteiger partial charge in [-0.2, -0.15) is 0 Å². The molecular weight excluding hydrogens is 176 g/mol. The third-order valence-electron chi connectivity index (χ3n) is 2.95. The summed E-state index contributed by atoms with van der Waals surface area (Å²) in [5.74, 6) is 0. The number of hydrogen-bond acceptors (Lipinski definition) is 2. The summed E-state index contributed by atoms with van der Waals surface area (Å²) >= 11 is 0. The Hall–Kier alpha value is -0.0800. The minimum atomic E-state index is -0.412. The molecule has 0 saturated heterocycles. The largest absolute Gasteiger partial charge is 0.390 e. The van der Waals surface area contributed by atoms with E-state index < -0.39 is 6.10 Å². The van der Waals surface area contributed by atoms with Gasteiger partial charge in [0.05, 0.1) is 11.7 Å². The normalized spacial score (nSPS) is 15.6. The quantitative estimate of drug-likeness (QED) is 0.742. The van der Waals surface area contributed by atoms with Gasteiger partial charge in [0.15, 0.2) is 0 Å². The number of aliphatic hydroxyl groups excluding tert-OH is 1. The summed E-state index contributed by atoms with van der Waals surface area (Å²) in [6.45, 7) is 13.0. The SMILES string of the molecule is CCOC(CC)(CC)C(O)C(C)(C)C. The van der Waals surface area contributed by atoms with E-state index in [1.165, 1.54) is 0 Å². The van der Waals surface area contributed by atoms with Crippen molar-refractivity contribution in [1.82, 2.24) is 0 Å². The van der Waals surface area contributed by atoms with Crippen molar-refractivity contribution in [3.63, 3.8) is 0 Å². The Morgan fingerprint density at radius 2 is 1.50 bits per heavy atom. The maximum absolute atomic E-state index is 10.3. The van der Waals surface area contributed by atoms with E-state index in [2.05, 4.69) is 34.6 Å². The number of aliphatic hydroxyl groups is 1. The predicted molar refractivity (Wildman–Crippen MR) is 60.4 cm³/mol. The fourth-order valence-electron chi connectivity index (χ4n) is 2.00. The molecule has 0 rings (SSSR count). The van der Waals surface area contributed by atoms with Crippen LogP contribution in [-0.4, -0.2) is 23.4 Å². The molecule has 0 aromatic heterocycles. The van der Waals surface area contributed by atoms with Crippen LogP contribution in [0.2, 0.25) is 0 Å². The number of rotatable bonds is 5. The molecule has 0 aliphatic heterocycles. The van der Waals surface area contributed by atoms with E-state index in [1.807, 2.05) is 6.92 Å². The summed E-state index contributed by atoms with van der Waals surface area (Å²) in [7, 11) is 0. The second kappa shape index (κ2) is 5.13. The second-order valence-electron chi connectivity index (χ2n) is 4.97. The Balaban J connectivity index is 4.79. The van der Waals surface area contributed by atoms with Gasteiger partial charge in [0.25, 0.3) is 0 Å². The minimum absolute atomic E-state index is 0.124. The first-order valence-electron chi connectivity index (χ1n) is 5.66. The Bertz CT molecular complexity index is 154. The second-order valence-corrected chi connectivity index (χ2v) is 4.97. The molecule has 14 heavy (non-hydrogen) atoms. The lowest BCUT2D eigenvalue weighted by Gasteiger charge is -2.42. The molecule has 2 heteroatoms. The highest BCUT2D eigenvalue weighted by Gasteiger charge is 2.41. The molecule has 0 radical (unpaired) electrons. The van der Waals surface area contributed by atoms with Crippen molar-refractivity contribution in [2.45, 2.75) is 66.1 Å². The summed E-state index contributed by atoms with van der Waals surface area (Å²) in [5.41, 5.74) is -0.492. The maximum Gasteiger partial charge on any atom is 0.0939 e. The van der Waals surface area contributed by atoms with Gasteiger partial charge >= 0.3 is 0 Å². The molecule has 0 aromatic rings. The van der Waals surface area contributed by atoms with Gasteiger partial charge in [-0.25, -0.2) is 0 Å². The van der Waals surface area contributed by atoms with Gasteiger partial charge in [-0.1, -0.05) is 34.6 Å². The summed E-state index contributed by atoms with van der Waals surface area (Å²) in [4.78, 5) is 0. The Kier molecular flexibility index (Phi) is 5.10. The molecule has 1 unspecified atom stereocenters. The Morgan fingerprint density at radius 1 is 1.07 bits per heavy atom. The van der Waals surface area contributed by atoms with Gasteiger partial charge in [0.2, 0.25) is 0 Å². The van der Waals surface area contributed by atoms with E-state index in [0.717, 1.165) is 12.8 Å². The fourth-order valence-corrected chi connectivity index (χ4v) is 2.00. The predicted octanol–water partition coefficient (Wildman–Crippen LogP) is 2.99. The summed E-state index contributed by atoms with van der Waals surface area (Å²) in [6, 6.07) is 0. The van der Waals surface area contributed by atoms with Crippen molar-refractivity contribution in [2.24, 2.45) is 5.41 Å². The minimum Gasteiger partial charge on any atom is -0.390 e. The van der Waals surface area contributed by atoms with Crippen molar-refractivity contribution in [3.8, 4) is 0 Å². The molecule has 1 N–H and O–H groups in total. The third kappa shape index (κ3) is 2.96. The topological polar surface area (TPSA) is 29.5 Å². The zero-order valence-corrected chi connectivity index (χ0v) is 10.6. The van der Waals surface area contributed by atoms with Gasteiger partial charge in [-0.15, -0.1) is 0 Å². The molecule has 0 heterocycles. The first-order chi connectivity index (χ1) is 6.34. The molecule has 0 aromatic carbocycles. The third-order valence-corrected chi connectivity index (χ3v) is 2.95. The molecule has 0 spiro atoms. The molecule has 0 saturated carbocycles. The molecule has 86 valence electrons. The van der Waals surface area contributed by atoms with Crippen LogP contribution in [0.25, 0.3) is 0 Å². The van der Waals surface area contributed by atoms with Crippen LogP contribution in [0.5, 0.6) is 0 Å². The van der Waals surface area contributed by atoms with Gasteiger partial charge < -0.3 is 9.84 Å². The average Bonchev–Trinajstić information content (AvgIpc) is 2.12. The van der Waals surface area contributed by atoms with Crippen LogP contribution >= 0.6 is 0 Å². The first kappa shape index (κ1) is 13.9. The zero-order valence-electron chi connectivity index (χ0n) is 10.6. The first-order valence-corrected chi connectivity index (χ1v) is 5.66. The van der Waals surface area contributed by atoms with E-state index in [0.29, 0.717) is 6.61 Å². The highest BCUT2D eigenvalue weighted by molar-refractivity contribution is 4.92. The van der Waals surface area contributed by atoms with E-state index in [9.17, 15) is 5.11 Å². The molecule has 2 nitrogen and oxygen atoms in total. The van der Waals surface area contributed by atoms with Crippen molar-refractivity contribution >= 4 is 0 Å². The lowest BCUT2D eigenvalue weighted by atomic mass is 9.75. The molecule has 0 aliphatic carbocycles. The average molecular weight is 202 g/mol. The van der Waals surface area contributed by atoms with Crippen LogP contribution in [0, 0.1) is 5.41 Å². The standard InChI is InChI=1S/C12H26O2/c1-7-12(8-2,14-9-3)10(13)11(4,5)6/h10,13H,7-9H2,1-6H3. The van der Waals surface area contributed by atoms with Gasteiger partial charge in [0, 0.05) is 6.61 Å². The fraction of sp³-hybridized carbons (Fsp3) is 1.00. The van der Waals surface area contributed by atoms with E-state index in [1.54, 1.807) is 0 Å². The van der Waals surface area contributed by atoms with Crippen LogP contribution < -0.4 is 0 Å². The van der Waals surface area contributed by atoms with Crippen molar-refractivity contribution in [1.29, 1.82) is 0 Å². The van der Waals surface area contributed by atoms with Crippen LogP contribution in [-0.2, 0) is 4.74 Å². The van der Waals surface area contributed by atoms with Gasteiger partial charge in [-0.05, 0) is 25.2 Å². The number of ether oxygens (including phenoxy) is 1. The molecule has 1 atom stereocenters. The lowest BCUT2D eigenvalue weighted by molar-refractivity contribution is -0.158. The number of hydrogen-bond donors (Lipinski definition) is 1. The Labute approximate surface area is 88.7 Å².